The second-order valence-electron chi connectivity index (χ2n) is 4.10. The third-order valence-corrected chi connectivity index (χ3v) is 4.00. The first kappa shape index (κ1) is 14.2. The molecule has 16 heavy (non-hydrogen) atoms. The first-order chi connectivity index (χ1) is 7.72. The zero-order valence-electron chi connectivity index (χ0n) is 10.1. The Labute approximate surface area is 111 Å². The van der Waals surface area contributed by atoms with Gasteiger partial charge in [-0.1, -0.05) is 13.3 Å². The van der Waals surface area contributed by atoms with Gasteiger partial charge >= 0.3 is 0 Å². The molecule has 1 aromatic rings. The Morgan fingerprint density at radius 2 is 2.25 bits per heavy atom. The lowest BCUT2D eigenvalue weighted by Gasteiger charge is -2.16. The third-order valence-electron chi connectivity index (χ3n) is 2.45. The molecule has 1 heterocycles. The molecule has 1 aromatic heterocycles. The van der Waals surface area contributed by atoms with Gasteiger partial charge in [0.15, 0.2) is 0 Å². The zero-order valence-corrected chi connectivity index (χ0v) is 12.5. The number of nitrogens with zero attached hydrogens (tertiary/aromatic N) is 1. The molecule has 0 aliphatic carbocycles. The van der Waals surface area contributed by atoms with Crippen LogP contribution in [0.25, 0.3) is 0 Å². The molecule has 0 aliphatic heterocycles. The fourth-order valence-electron chi connectivity index (χ4n) is 1.52. The summed E-state index contributed by atoms with van der Waals surface area (Å²) in [5.74, 6) is 0. The van der Waals surface area contributed by atoms with Crippen LogP contribution in [0, 0.1) is 0 Å². The zero-order chi connectivity index (χ0) is 11.8. The van der Waals surface area contributed by atoms with Crippen LogP contribution in [0.3, 0.4) is 0 Å². The van der Waals surface area contributed by atoms with E-state index in [1.165, 1.54) is 22.2 Å². The molecule has 0 aliphatic rings. The number of thiophene rings is 1. The molecule has 0 aromatic carbocycles. The van der Waals surface area contributed by atoms with Gasteiger partial charge in [0.05, 0.1) is 3.79 Å². The van der Waals surface area contributed by atoms with Gasteiger partial charge in [0.2, 0.25) is 0 Å². The van der Waals surface area contributed by atoms with E-state index in [2.05, 4.69) is 51.6 Å². The summed E-state index contributed by atoms with van der Waals surface area (Å²) >= 11 is 5.25. The van der Waals surface area contributed by atoms with Crippen LogP contribution < -0.4 is 5.32 Å². The highest BCUT2D eigenvalue weighted by Crippen LogP contribution is 2.21. The minimum absolute atomic E-state index is 1.04. The van der Waals surface area contributed by atoms with Crippen LogP contribution in [-0.2, 0) is 6.54 Å². The largest absolute Gasteiger partial charge is 0.315 e. The smallest absolute Gasteiger partial charge is 0.0701 e. The fraction of sp³-hybridized carbons (Fsp3) is 0.667. The van der Waals surface area contributed by atoms with Gasteiger partial charge < -0.3 is 10.2 Å². The molecule has 1 rings (SSSR count). The molecule has 0 bridgehead atoms. The molecule has 0 amide bonds. The number of rotatable bonds is 8. The van der Waals surface area contributed by atoms with Crippen molar-refractivity contribution in [3.63, 3.8) is 0 Å². The lowest BCUT2D eigenvalue weighted by Crippen LogP contribution is -2.29. The standard InChI is InChI=1S/C12H21BrN2S/c1-3-4-5-14-6-7-15(2)9-11-8-12(13)16-10-11/h8,10,14H,3-7,9H2,1-2H3. The molecule has 0 atom stereocenters. The van der Waals surface area contributed by atoms with Crippen LogP contribution in [0.1, 0.15) is 25.3 Å². The lowest BCUT2D eigenvalue weighted by molar-refractivity contribution is 0.324. The van der Waals surface area contributed by atoms with Gasteiger partial charge in [-0.15, -0.1) is 11.3 Å². The summed E-state index contributed by atoms with van der Waals surface area (Å²) in [7, 11) is 2.17. The van der Waals surface area contributed by atoms with Gasteiger partial charge in [-0.25, -0.2) is 0 Å². The normalized spacial score (nSPS) is 11.2. The second kappa shape index (κ2) is 8.23. The molecule has 0 spiro atoms. The molecule has 0 radical (unpaired) electrons. The van der Waals surface area contributed by atoms with E-state index in [0.29, 0.717) is 0 Å². The van der Waals surface area contributed by atoms with Gasteiger partial charge in [-0.3, -0.25) is 0 Å². The van der Waals surface area contributed by atoms with Gasteiger partial charge in [-0.05, 0) is 53.0 Å². The van der Waals surface area contributed by atoms with Crippen LogP contribution in [0.4, 0.5) is 0 Å². The average molecular weight is 305 g/mol. The number of nitrogens with one attached hydrogen (secondary N) is 1. The topological polar surface area (TPSA) is 15.3 Å². The highest BCUT2D eigenvalue weighted by molar-refractivity contribution is 9.11. The molecule has 92 valence electrons. The van der Waals surface area contributed by atoms with E-state index < -0.39 is 0 Å². The molecule has 0 fully saturated rings. The Balaban J connectivity index is 2.09. The van der Waals surface area contributed by atoms with E-state index in [0.717, 1.165) is 26.2 Å². The molecule has 0 saturated carbocycles. The molecule has 0 saturated heterocycles. The van der Waals surface area contributed by atoms with E-state index in [1.54, 1.807) is 11.3 Å². The maximum atomic E-state index is 3.49. The SMILES string of the molecule is CCCCNCCN(C)Cc1csc(Br)c1. The van der Waals surface area contributed by atoms with Gasteiger partial charge in [0.25, 0.3) is 0 Å². The quantitative estimate of drug-likeness (QED) is 0.741. The van der Waals surface area contributed by atoms with E-state index in [-0.39, 0.29) is 0 Å². The summed E-state index contributed by atoms with van der Waals surface area (Å²) in [6, 6.07) is 2.20. The van der Waals surface area contributed by atoms with E-state index >= 15 is 0 Å². The van der Waals surface area contributed by atoms with Crippen LogP contribution in [0.15, 0.2) is 15.2 Å². The summed E-state index contributed by atoms with van der Waals surface area (Å²) in [6.07, 6.45) is 2.55. The fourth-order valence-corrected chi connectivity index (χ4v) is 2.72. The van der Waals surface area contributed by atoms with Crippen molar-refractivity contribution < 1.29 is 0 Å². The van der Waals surface area contributed by atoms with Crippen LogP contribution in [0.2, 0.25) is 0 Å². The first-order valence-electron chi connectivity index (χ1n) is 5.84. The van der Waals surface area contributed by atoms with E-state index in [1.807, 2.05) is 0 Å². The van der Waals surface area contributed by atoms with Crippen molar-refractivity contribution in [2.75, 3.05) is 26.7 Å². The average Bonchev–Trinajstić information content (AvgIpc) is 2.63. The monoisotopic (exact) mass is 304 g/mol. The van der Waals surface area contributed by atoms with Crippen molar-refractivity contribution in [2.45, 2.75) is 26.3 Å². The predicted octanol–water partition coefficient (Wildman–Crippen LogP) is 3.33. The minimum Gasteiger partial charge on any atom is -0.315 e. The van der Waals surface area contributed by atoms with Crippen molar-refractivity contribution >= 4 is 27.3 Å². The summed E-state index contributed by atoms with van der Waals surface area (Å²) in [4.78, 5) is 2.35. The summed E-state index contributed by atoms with van der Waals surface area (Å²) in [5.41, 5.74) is 1.40. The minimum atomic E-state index is 1.04. The van der Waals surface area contributed by atoms with Crippen molar-refractivity contribution in [1.29, 1.82) is 0 Å². The maximum absolute atomic E-state index is 3.49. The van der Waals surface area contributed by atoms with Crippen LogP contribution in [-0.4, -0.2) is 31.6 Å². The van der Waals surface area contributed by atoms with Gasteiger partial charge in [-0.2, -0.15) is 0 Å². The van der Waals surface area contributed by atoms with E-state index in [4.69, 9.17) is 0 Å². The number of likely N-dealkylation sites (N-methyl/N-ethyl adjacent to an activating group) is 1. The third kappa shape index (κ3) is 5.99. The molecule has 2 nitrogen and oxygen atoms in total. The van der Waals surface area contributed by atoms with Crippen molar-refractivity contribution in [1.82, 2.24) is 10.2 Å². The molecule has 1 N–H and O–H groups in total. The Kier molecular flexibility index (Phi) is 7.28. The second-order valence-corrected chi connectivity index (χ2v) is 6.39. The number of hydrogen-bond donors (Lipinski definition) is 1. The van der Waals surface area contributed by atoms with Crippen LogP contribution in [0.5, 0.6) is 0 Å². The van der Waals surface area contributed by atoms with Crippen molar-refractivity contribution in [3.05, 3.63) is 20.8 Å². The molecular weight excluding hydrogens is 284 g/mol. The van der Waals surface area contributed by atoms with Gasteiger partial charge in [0, 0.05) is 19.6 Å². The lowest BCUT2D eigenvalue weighted by atomic mass is 10.3. The number of hydrogen-bond acceptors (Lipinski definition) is 3. The first-order valence-corrected chi connectivity index (χ1v) is 7.51. The Morgan fingerprint density at radius 1 is 1.44 bits per heavy atom. The molecular formula is C12H21BrN2S. The van der Waals surface area contributed by atoms with Crippen molar-refractivity contribution in [3.8, 4) is 0 Å². The predicted molar refractivity (Wildman–Crippen MR) is 76.1 cm³/mol. The molecule has 0 unspecified atom stereocenters. The Hall–Kier alpha value is 0.100. The highest BCUT2D eigenvalue weighted by Gasteiger charge is 2.01. The van der Waals surface area contributed by atoms with Crippen molar-refractivity contribution in [2.24, 2.45) is 0 Å². The summed E-state index contributed by atoms with van der Waals surface area (Å²) < 4.78 is 1.22. The van der Waals surface area contributed by atoms with Gasteiger partial charge in [0.1, 0.15) is 0 Å². The van der Waals surface area contributed by atoms with E-state index in [9.17, 15) is 0 Å². The summed E-state index contributed by atoms with van der Waals surface area (Å²) in [5, 5.41) is 5.67. The highest BCUT2D eigenvalue weighted by atomic mass is 79.9. The number of halogens is 1. The summed E-state index contributed by atoms with van der Waals surface area (Å²) in [6.45, 7) is 6.60. The Morgan fingerprint density at radius 3 is 2.88 bits per heavy atom. The maximum Gasteiger partial charge on any atom is 0.0701 e. The van der Waals surface area contributed by atoms with Crippen LogP contribution >= 0.6 is 27.3 Å². The number of unbranched alkanes of at least 4 members (excludes halogenated alkanes) is 1. The Bertz CT molecular complexity index is 288. The molecule has 4 heteroatoms.